The summed E-state index contributed by atoms with van der Waals surface area (Å²) in [4.78, 5) is 12.6. The van der Waals surface area contributed by atoms with Crippen LogP contribution in [0.1, 0.15) is 38.4 Å². The third-order valence-electron chi connectivity index (χ3n) is 5.16. The molecule has 1 heterocycles. The van der Waals surface area contributed by atoms with Gasteiger partial charge in [-0.1, -0.05) is 77.0 Å². The standard InChI is InChI=1S/C26H26N4OS/c1-18-7-11-22(12-8-18)25(31)27-16-24-28-29-26(30(24)23-13-9-19(2)10-14-23)32-17-21-6-4-5-20(3)15-21/h4-15H,16-17H2,1-3H3,(H,27,31). The lowest BCUT2D eigenvalue weighted by Gasteiger charge is -2.12. The monoisotopic (exact) mass is 442 g/mol. The molecular weight excluding hydrogens is 416 g/mol. The van der Waals surface area contributed by atoms with Crippen LogP contribution in [0.3, 0.4) is 0 Å². The average Bonchev–Trinajstić information content (AvgIpc) is 3.20. The number of amides is 1. The van der Waals surface area contributed by atoms with Gasteiger partial charge in [-0.3, -0.25) is 9.36 Å². The van der Waals surface area contributed by atoms with Gasteiger partial charge in [0.15, 0.2) is 11.0 Å². The Labute approximate surface area is 192 Å². The number of benzene rings is 3. The molecule has 1 aromatic heterocycles. The van der Waals surface area contributed by atoms with Crippen LogP contribution in [0.15, 0.2) is 78.0 Å². The maximum atomic E-state index is 12.6. The largest absolute Gasteiger partial charge is 0.345 e. The molecule has 0 saturated carbocycles. The molecule has 0 bridgehead atoms. The second-order valence-electron chi connectivity index (χ2n) is 7.90. The fourth-order valence-electron chi connectivity index (χ4n) is 3.38. The number of hydrogen-bond donors (Lipinski definition) is 1. The zero-order valence-corrected chi connectivity index (χ0v) is 19.3. The Morgan fingerprint density at radius 2 is 1.56 bits per heavy atom. The van der Waals surface area contributed by atoms with E-state index >= 15 is 0 Å². The molecule has 6 heteroatoms. The number of nitrogens with zero attached hydrogens (tertiary/aromatic N) is 3. The summed E-state index contributed by atoms with van der Waals surface area (Å²) in [5.74, 6) is 1.36. The van der Waals surface area contributed by atoms with Gasteiger partial charge in [-0.05, 0) is 50.6 Å². The van der Waals surface area contributed by atoms with Crippen LogP contribution >= 0.6 is 11.8 Å². The number of hydrogen-bond acceptors (Lipinski definition) is 4. The number of aromatic nitrogens is 3. The molecule has 32 heavy (non-hydrogen) atoms. The van der Waals surface area contributed by atoms with Gasteiger partial charge in [0.25, 0.3) is 5.91 Å². The van der Waals surface area contributed by atoms with Crippen LogP contribution < -0.4 is 5.32 Å². The topological polar surface area (TPSA) is 59.8 Å². The highest BCUT2D eigenvalue weighted by Crippen LogP contribution is 2.26. The zero-order chi connectivity index (χ0) is 22.5. The number of thioether (sulfide) groups is 1. The summed E-state index contributed by atoms with van der Waals surface area (Å²) in [6.07, 6.45) is 0. The predicted octanol–water partition coefficient (Wildman–Crippen LogP) is 5.41. The maximum absolute atomic E-state index is 12.6. The molecule has 1 amide bonds. The van der Waals surface area contributed by atoms with Gasteiger partial charge in [-0.15, -0.1) is 10.2 Å². The molecule has 0 atom stereocenters. The summed E-state index contributed by atoms with van der Waals surface area (Å²) in [7, 11) is 0. The van der Waals surface area contributed by atoms with E-state index in [1.54, 1.807) is 11.8 Å². The molecule has 0 radical (unpaired) electrons. The number of aryl methyl sites for hydroxylation is 3. The number of nitrogens with one attached hydrogen (secondary N) is 1. The van der Waals surface area contributed by atoms with Crippen molar-refractivity contribution in [3.63, 3.8) is 0 Å². The Hall–Kier alpha value is -3.38. The molecule has 162 valence electrons. The molecule has 1 N–H and O–H groups in total. The van der Waals surface area contributed by atoms with Crippen molar-refractivity contribution in [2.45, 2.75) is 38.2 Å². The van der Waals surface area contributed by atoms with Gasteiger partial charge >= 0.3 is 0 Å². The van der Waals surface area contributed by atoms with Crippen LogP contribution in [0.2, 0.25) is 0 Å². The minimum atomic E-state index is -0.127. The van der Waals surface area contributed by atoms with Crippen molar-refractivity contribution >= 4 is 17.7 Å². The lowest BCUT2D eigenvalue weighted by atomic mass is 10.1. The fourth-order valence-corrected chi connectivity index (χ4v) is 4.29. The van der Waals surface area contributed by atoms with Crippen molar-refractivity contribution in [3.05, 3.63) is 106 Å². The van der Waals surface area contributed by atoms with Crippen LogP contribution in [0, 0.1) is 20.8 Å². The minimum absolute atomic E-state index is 0.127. The number of carbonyl (C=O) groups excluding carboxylic acids is 1. The zero-order valence-electron chi connectivity index (χ0n) is 18.5. The molecule has 4 aromatic rings. The van der Waals surface area contributed by atoms with E-state index in [2.05, 4.69) is 77.9 Å². The van der Waals surface area contributed by atoms with E-state index < -0.39 is 0 Å². The number of rotatable bonds is 7. The van der Waals surface area contributed by atoms with Crippen molar-refractivity contribution in [2.75, 3.05) is 0 Å². The summed E-state index contributed by atoms with van der Waals surface area (Å²) in [5.41, 5.74) is 6.39. The highest BCUT2D eigenvalue weighted by molar-refractivity contribution is 7.98. The second kappa shape index (κ2) is 9.83. The molecule has 0 aliphatic heterocycles. The molecule has 0 unspecified atom stereocenters. The summed E-state index contributed by atoms with van der Waals surface area (Å²) in [6.45, 7) is 6.45. The Balaban J connectivity index is 1.56. The molecular formula is C26H26N4OS. The van der Waals surface area contributed by atoms with Crippen molar-refractivity contribution in [1.29, 1.82) is 0 Å². The SMILES string of the molecule is Cc1ccc(C(=O)NCc2nnc(SCc3cccc(C)c3)n2-c2ccc(C)cc2)cc1. The lowest BCUT2D eigenvalue weighted by molar-refractivity contribution is 0.0949. The minimum Gasteiger partial charge on any atom is -0.345 e. The quantitative estimate of drug-likeness (QED) is 0.389. The van der Waals surface area contributed by atoms with Crippen molar-refractivity contribution in [3.8, 4) is 5.69 Å². The highest BCUT2D eigenvalue weighted by atomic mass is 32.2. The molecule has 0 spiro atoms. The van der Waals surface area contributed by atoms with E-state index in [-0.39, 0.29) is 5.91 Å². The Bertz CT molecular complexity index is 1210. The van der Waals surface area contributed by atoms with Gasteiger partial charge in [0.05, 0.1) is 6.54 Å². The molecule has 5 nitrogen and oxygen atoms in total. The first kappa shape index (κ1) is 21.8. The molecule has 0 fully saturated rings. The summed E-state index contributed by atoms with van der Waals surface area (Å²) >= 11 is 1.64. The summed E-state index contributed by atoms with van der Waals surface area (Å²) in [5, 5.41) is 12.6. The third-order valence-corrected chi connectivity index (χ3v) is 6.16. The van der Waals surface area contributed by atoms with E-state index in [1.807, 2.05) is 35.8 Å². The van der Waals surface area contributed by atoms with E-state index in [9.17, 15) is 4.79 Å². The fraction of sp³-hybridized carbons (Fsp3) is 0.192. The first-order chi connectivity index (χ1) is 15.5. The van der Waals surface area contributed by atoms with Gasteiger partial charge in [-0.2, -0.15) is 0 Å². The average molecular weight is 443 g/mol. The van der Waals surface area contributed by atoms with Crippen molar-refractivity contribution < 1.29 is 4.79 Å². The molecule has 0 saturated heterocycles. The van der Waals surface area contributed by atoms with Crippen molar-refractivity contribution in [2.24, 2.45) is 0 Å². The lowest BCUT2D eigenvalue weighted by Crippen LogP contribution is -2.24. The van der Waals surface area contributed by atoms with Crippen LogP contribution in [-0.2, 0) is 12.3 Å². The van der Waals surface area contributed by atoms with Crippen LogP contribution in [0.25, 0.3) is 5.69 Å². The molecule has 0 aliphatic carbocycles. The molecule has 3 aromatic carbocycles. The van der Waals surface area contributed by atoms with Gasteiger partial charge < -0.3 is 5.32 Å². The summed E-state index contributed by atoms with van der Waals surface area (Å²) < 4.78 is 2.02. The van der Waals surface area contributed by atoms with Crippen molar-refractivity contribution in [1.82, 2.24) is 20.1 Å². The van der Waals surface area contributed by atoms with E-state index in [1.165, 1.54) is 16.7 Å². The number of carbonyl (C=O) groups is 1. The second-order valence-corrected chi connectivity index (χ2v) is 8.84. The van der Waals surface area contributed by atoms with Gasteiger partial charge in [0, 0.05) is 17.0 Å². The highest BCUT2D eigenvalue weighted by Gasteiger charge is 2.16. The maximum Gasteiger partial charge on any atom is 0.251 e. The third kappa shape index (κ3) is 5.26. The Morgan fingerprint density at radius 1 is 0.875 bits per heavy atom. The van der Waals surface area contributed by atoms with Gasteiger partial charge in [-0.25, -0.2) is 0 Å². The van der Waals surface area contributed by atoms with E-state index in [4.69, 9.17) is 0 Å². The van der Waals surface area contributed by atoms with E-state index in [0.29, 0.717) is 17.9 Å². The molecule has 4 rings (SSSR count). The molecule has 0 aliphatic rings. The Morgan fingerprint density at radius 3 is 2.25 bits per heavy atom. The van der Waals surface area contributed by atoms with Gasteiger partial charge in [0.1, 0.15) is 0 Å². The van der Waals surface area contributed by atoms with Crippen LogP contribution in [0.4, 0.5) is 0 Å². The van der Waals surface area contributed by atoms with Crippen LogP contribution in [0.5, 0.6) is 0 Å². The van der Waals surface area contributed by atoms with Crippen LogP contribution in [-0.4, -0.2) is 20.7 Å². The smallest absolute Gasteiger partial charge is 0.251 e. The summed E-state index contributed by atoms with van der Waals surface area (Å²) in [6, 6.07) is 24.3. The predicted molar refractivity (Wildman–Crippen MR) is 129 cm³/mol. The first-order valence-corrected chi connectivity index (χ1v) is 11.5. The normalized spacial score (nSPS) is 10.8. The Kier molecular flexibility index (Phi) is 6.71. The van der Waals surface area contributed by atoms with Gasteiger partial charge in [0.2, 0.25) is 0 Å². The first-order valence-electron chi connectivity index (χ1n) is 10.5. The van der Waals surface area contributed by atoms with E-state index in [0.717, 1.165) is 22.2 Å².